The number of hydrogen-bond acceptors (Lipinski definition) is 4. The number of nitrogens with two attached hydrogens (primary N) is 1. The van der Waals surface area contributed by atoms with E-state index in [-0.39, 0.29) is 24.2 Å². The fourth-order valence-electron chi connectivity index (χ4n) is 2.40. The molecule has 1 saturated heterocycles. The van der Waals surface area contributed by atoms with E-state index in [1.54, 1.807) is 10.9 Å². The highest BCUT2D eigenvalue weighted by Gasteiger charge is 2.30. The van der Waals surface area contributed by atoms with Gasteiger partial charge in [-0.3, -0.25) is 9.48 Å². The molecule has 2 heterocycles. The number of rotatable bonds is 4. The predicted molar refractivity (Wildman–Crippen MR) is 71.5 cm³/mol. The van der Waals surface area contributed by atoms with Crippen molar-refractivity contribution in [2.45, 2.75) is 44.9 Å². The Morgan fingerprint density at radius 3 is 2.95 bits per heavy atom. The molecule has 1 aromatic heterocycles. The molecule has 106 valence electrons. The molecule has 0 radical (unpaired) electrons. The quantitative estimate of drug-likeness (QED) is 0.827. The van der Waals surface area contributed by atoms with E-state index in [2.05, 4.69) is 10.4 Å². The zero-order chi connectivity index (χ0) is 14.0. The van der Waals surface area contributed by atoms with Gasteiger partial charge in [-0.05, 0) is 26.7 Å². The van der Waals surface area contributed by atoms with Gasteiger partial charge in [-0.15, -0.1) is 0 Å². The number of nitrogens with one attached hydrogen (secondary N) is 1. The second-order valence-electron chi connectivity index (χ2n) is 5.10. The van der Waals surface area contributed by atoms with Crippen LogP contribution in [0.1, 0.15) is 37.1 Å². The molecule has 0 spiro atoms. The summed E-state index contributed by atoms with van der Waals surface area (Å²) in [6.07, 6.45) is 3.04. The highest BCUT2D eigenvalue weighted by Crippen LogP contribution is 2.21. The van der Waals surface area contributed by atoms with E-state index in [1.807, 2.05) is 20.9 Å². The predicted octanol–water partition coefficient (Wildman–Crippen LogP) is 0.412. The summed E-state index contributed by atoms with van der Waals surface area (Å²) in [6.45, 7) is 4.42. The lowest BCUT2D eigenvalue weighted by atomic mass is 10.1. The number of nitrogens with zero attached hydrogens (tertiary/aromatic N) is 2. The number of amides is 1. The van der Waals surface area contributed by atoms with Crippen LogP contribution in [0.15, 0.2) is 6.20 Å². The number of carbonyl (C=O) groups is 1. The molecule has 1 aromatic rings. The van der Waals surface area contributed by atoms with Crippen LogP contribution < -0.4 is 11.1 Å². The van der Waals surface area contributed by atoms with Crippen LogP contribution in [0.3, 0.4) is 0 Å². The number of hydrogen-bond donors (Lipinski definition) is 2. The van der Waals surface area contributed by atoms with Crippen molar-refractivity contribution in [3.05, 3.63) is 17.5 Å². The molecule has 1 fully saturated rings. The summed E-state index contributed by atoms with van der Waals surface area (Å²) in [7, 11) is 1.89. The van der Waals surface area contributed by atoms with E-state index < -0.39 is 0 Å². The summed E-state index contributed by atoms with van der Waals surface area (Å²) in [5, 5.41) is 7.16. The SMILES string of the molecule is Cc1c(C(C)NC(=O)C2CCC(CN)O2)cnn1C. The van der Waals surface area contributed by atoms with Crippen LogP contribution in [-0.2, 0) is 16.6 Å². The summed E-state index contributed by atoms with van der Waals surface area (Å²) < 4.78 is 7.39. The highest BCUT2D eigenvalue weighted by atomic mass is 16.5. The number of carbonyl (C=O) groups excluding carboxylic acids is 1. The molecule has 2 rings (SSSR count). The summed E-state index contributed by atoms with van der Waals surface area (Å²) >= 11 is 0. The molecule has 0 saturated carbocycles. The van der Waals surface area contributed by atoms with E-state index in [9.17, 15) is 4.79 Å². The maximum atomic E-state index is 12.1. The minimum Gasteiger partial charge on any atom is -0.364 e. The van der Waals surface area contributed by atoms with Crippen LogP contribution in [0.25, 0.3) is 0 Å². The van der Waals surface area contributed by atoms with Crippen LogP contribution in [0.5, 0.6) is 0 Å². The average molecular weight is 266 g/mol. The van der Waals surface area contributed by atoms with Crippen molar-refractivity contribution < 1.29 is 9.53 Å². The molecule has 3 atom stereocenters. The Hall–Kier alpha value is -1.40. The largest absolute Gasteiger partial charge is 0.364 e. The Morgan fingerprint density at radius 1 is 1.68 bits per heavy atom. The van der Waals surface area contributed by atoms with Crippen LogP contribution >= 0.6 is 0 Å². The number of aromatic nitrogens is 2. The Balaban J connectivity index is 1.94. The van der Waals surface area contributed by atoms with Crippen molar-refractivity contribution in [3.63, 3.8) is 0 Å². The standard InChI is InChI=1S/C13H22N4O2/c1-8(11-7-15-17(3)9(11)2)16-13(18)12-5-4-10(6-14)19-12/h7-8,10,12H,4-6,14H2,1-3H3,(H,16,18). The first-order chi connectivity index (χ1) is 9.02. The van der Waals surface area contributed by atoms with Crippen molar-refractivity contribution in [1.82, 2.24) is 15.1 Å². The second-order valence-corrected chi connectivity index (χ2v) is 5.10. The fourth-order valence-corrected chi connectivity index (χ4v) is 2.40. The minimum absolute atomic E-state index is 0.0196. The lowest BCUT2D eigenvalue weighted by Gasteiger charge is -2.17. The summed E-state index contributed by atoms with van der Waals surface area (Å²) in [6, 6.07) is -0.0678. The first-order valence-electron chi connectivity index (χ1n) is 6.67. The molecule has 0 bridgehead atoms. The van der Waals surface area contributed by atoms with Gasteiger partial charge in [0.2, 0.25) is 5.91 Å². The Kier molecular flexibility index (Phi) is 4.21. The zero-order valence-corrected chi connectivity index (χ0v) is 11.7. The van der Waals surface area contributed by atoms with Gasteiger partial charge in [0.25, 0.3) is 0 Å². The monoisotopic (exact) mass is 266 g/mol. The molecule has 3 N–H and O–H groups in total. The maximum absolute atomic E-state index is 12.1. The van der Waals surface area contributed by atoms with Crippen molar-refractivity contribution in [1.29, 1.82) is 0 Å². The fraction of sp³-hybridized carbons (Fsp3) is 0.692. The molecule has 3 unspecified atom stereocenters. The number of aryl methyl sites for hydroxylation is 1. The second kappa shape index (κ2) is 5.71. The van der Waals surface area contributed by atoms with Gasteiger partial charge in [-0.2, -0.15) is 5.10 Å². The van der Waals surface area contributed by atoms with E-state index in [4.69, 9.17) is 10.5 Å². The van der Waals surface area contributed by atoms with E-state index in [1.165, 1.54) is 0 Å². The summed E-state index contributed by atoms with van der Waals surface area (Å²) in [5.41, 5.74) is 7.63. The van der Waals surface area contributed by atoms with Crippen LogP contribution in [0.4, 0.5) is 0 Å². The van der Waals surface area contributed by atoms with Gasteiger partial charge in [-0.1, -0.05) is 0 Å². The third kappa shape index (κ3) is 2.96. The van der Waals surface area contributed by atoms with Crippen molar-refractivity contribution >= 4 is 5.91 Å². The molecule has 6 nitrogen and oxygen atoms in total. The maximum Gasteiger partial charge on any atom is 0.249 e. The zero-order valence-electron chi connectivity index (χ0n) is 11.7. The van der Waals surface area contributed by atoms with Gasteiger partial charge in [0.1, 0.15) is 6.10 Å². The van der Waals surface area contributed by atoms with Crippen LogP contribution in [0, 0.1) is 6.92 Å². The molecule has 19 heavy (non-hydrogen) atoms. The summed E-state index contributed by atoms with van der Waals surface area (Å²) in [4.78, 5) is 12.1. The minimum atomic E-state index is -0.368. The number of ether oxygens (including phenoxy) is 1. The highest BCUT2D eigenvalue weighted by molar-refractivity contribution is 5.81. The first kappa shape index (κ1) is 14.0. The topological polar surface area (TPSA) is 82.2 Å². The normalized spacial score (nSPS) is 24.4. The third-order valence-corrected chi connectivity index (χ3v) is 3.76. The van der Waals surface area contributed by atoms with Crippen LogP contribution in [-0.4, -0.2) is 34.4 Å². The molecule has 1 aliphatic heterocycles. The summed E-state index contributed by atoms with van der Waals surface area (Å²) in [5.74, 6) is -0.0632. The smallest absolute Gasteiger partial charge is 0.249 e. The molecule has 0 aromatic carbocycles. The molecule has 1 aliphatic rings. The Morgan fingerprint density at radius 2 is 2.42 bits per heavy atom. The van der Waals surface area contributed by atoms with E-state index >= 15 is 0 Å². The van der Waals surface area contributed by atoms with Crippen molar-refractivity contribution in [3.8, 4) is 0 Å². The molecule has 1 amide bonds. The van der Waals surface area contributed by atoms with E-state index in [0.29, 0.717) is 6.54 Å². The van der Waals surface area contributed by atoms with Gasteiger partial charge in [0.15, 0.2) is 0 Å². The Labute approximate surface area is 113 Å². The Bertz CT molecular complexity index is 457. The lowest BCUT2D eigenvalue weighted by molar-refractivity contribution is -0.132. The van der Waals surface area contributed by atoms with Crippen LogP contribution in [0.2, 0.25) is 0 Å². The molecule has 0 aliphatic carbocycles. The van der Waals surface area contributed by atoms with Gasteiger partial charge in [-0.25, -0.2) is 0 Å². The average Bonchev–Trinajstić information content (AvgIpc) is 2.98. The van der Waals surface area contributed by atoms with E-state index in [0.717, 1.165) is 24.1 Å². The van der Waals surface area contributed by atoms with Gasteiger partial charge < -0.3 is 15.8 Å². The first-order valence-corrected chi connectivity index (χ1v) is 6.67. The van der Waals surface area contributed by atoms with Gasteiger partial charge >= 0.3 is 0 Å². The molecular formula is C13H22N4O2. The van der Waals surface area contributed by atoms with Crippen molar-refractivity contribution in [2.75, 3.05) is 6.54 Å². The molecule has 6 heteroatoms. The van der Waals surface area contributed by atoms with Gasteiger partial charge in [0.05, 0.1) is 18.3 Å². The molecular weight excluding hydrogens is 244 g/mol. The third-order valence-electron chi connectivity index (χ3n) is 3.76. The van der Waals surface area contributed by atoms with Gasteiger partial charge in [0, 0.05) is 24.8 Å². The van der Waals surface area contributed by atoms with Crippen molar-refractivity contribution in [2.24, 2.45) is 12.8 Å². The lowest BCUT2D eigenvalue weighted by Crippen LogP contribution is -2.37.